The number of ether oxygens (including phenoxy) is 2. The van der Waals surface area contributed by atoms with Gasteiger partial charge >= 0.3 is 0 Å². The van der Waals surface area contributed by atoms with E-state index >= 15 is 0 Å². The Morgan fingerprint density at radius 1 is 1.16 bits per heavy atom. The first-order valence-corrected chi connectivity index (χ1v) is 6.86. The molecule has 2 heterocycles. The highest BCUT2D eigenvalue weighted by Crippen LogP contribution is 2.62. The van der Waals surface area contributed by atoms with Crippen molar-refractivity contribution in [3.63, 3.8) is 0 Å². The zero-order valence-corrected chi connectivity index (χ0v) is 10.8. The molecule has 0 amide bonds. The van der Waals surface area contributed by atoms with Gasteiger partial charge in [0.2, 0.25) is 0 Å². The summed E-state index contributed by atoms with van der Waals surface area (Å²) in [6.07, 6.45) is 9.33. The lowest BCUT2D eigenvalue weighted by Crippen LogP contribution is -2.58. The molecule has 1 saturated carbocycles. The summed E-state index contributed by atoms with van der Waals surface area (Å²) >= 11 is 0. The van der Waals surface area contributed by atoms with E-state index in [0.29, 0.717) is 0 Å². The number of hydrogen-bond acceptors (Lipinski definition) is 4. The molecular formula is C15H16O4. The first kappa shape index (κ1) is 11.6. The molecule has 3 fully saturated rings. The number of allylic oxidation sites excluding steroid dienone is 2. The number of hydrogen-bond donors (Lipinski definition) is 0. The summed E-state index contributed by atoms with van der Waals surface area (Å²) in [7, 11) is 0. The maximum Gasteiger partial charge on any atom is 0.183 e. The number of Topliss-reactive ketones (excluding diaryl/α,β-unsaturated/α-hetero) is 1. The molecule has 2 saturated heterocycles. The van der Waals surface area contributed by atoms with Crippen LogP contribution in [0.25, 0.3) is 0 Å². The van der Waals surface area contributed by atoms with Crippen LogP contribution >= 0.6 is 0 Å². The van der Waals surface area contributed by atoms with E-state index in [1.165, 1.54) is 12.2 Å². The summed E-state index contributed by atoms with van der Waals surface area (Å²) in [5, 5.41) is 0. The van der Waals surface area contributed by atoms with Gasteiger partial charge in [-0.25, -0.2) is 0 Å². The highest BCUT2D eigenvalue weighted by atomic mass is 16.8. The topological polar surface area (TPSA) is 52.6 Å². The Bertz CT molecular complexity index is 530. The molecular weight excluding hydrogens is 244 g/mol. The largest absolute Gasteiger partial charge is 0.334 e. The number of rotatable bonds is 0. The van der Waals surface area contributed by atoms with Crippen LogP contribution in [0.3, 0.4) is 0 Å². The number of ketones is 2. The van der Waals surface area contributed by atoms with E-state index in [-0.39, 0.29) is 11.6 Å². The predicted molar refractivity (Wildman–Crippen MR) is 66.3 cm³/mol. The van der Waals surface area contributed by atoms with Crippen LogP contribution < -0.4 is 0 Å². The second kappa shape index (κ2) is 3.25. The van der Waals surface area contributed by atoms with E-state index in [1.54, 1.807) is 12.2 Å². The zero-order valence-electron chi connectivity index (χ0n) is 10.8. The van der Waals surface area contributed by atoms with E-state index in [9.17, 15) is 9.59 Å². The maximum atomic E-state index is 12.7. The molecule has 100 valence electrons. The van der Waals surface area contributed by atoms with Gasteiger partial charge in [0.05, 0.1) is 5.41 Å². The molecule has 4 nitrogen and oxygen atoms in total. The lowest BCUT2D eigenvalue weighted by Gasteiger charge is -2.47. The molecule has 2 aliphatic carbocycles. The van der Waals surface area contributed by atoms with Crippen molar-refractivity contribution in [3.8, 4) is 0 Å². The lowest BCUT2D eigenvalue weighted by atomic mass is 9.65. The van der Waals surface area contributed by atoms with Crippen LogP contribution in [0.4, 0.5) is 0 Å². The van der Waals surface area contributed by atoms with Crippen molar-refractivity contribution in [2.45, 2.75) is 50.1 Å². The van der Waals surface area contributed by atoms with Crippen molar-refractivity contribution in [2.75, 3.05) is 0 Å². The van der Waals surface area contributed by atoms with Gasteiger partial charge in [0, 0.05) is 6.42 Å². The molecule has 4 aliphatic rings. The molecule has 19 heavy (non-hydrogen) atoms. The summed E-state index contributed by atoms with van der Waals surface area (Å²) in [5.74, 6) is -0.738. The molecule has 4 rings (SSSR count). The fourth-order valence-electron chi connectivity index (χ4n) is 3.94. The maximum absolute atomic E-state index is 12.7. The van der Waals surface area contributed by atoms with Crippen LogP contribution in [-0.4, -0.2) is 29.1 Å². The Labute approximate surface area is 111 Å². The zero-order chi connectivity index (χ0) is 13.3. The smallest absolute Gasteiger partial charge is 0.183 e. The average molecular weight is 260 g/mol. The molecule has 2 bridgehead atoms. The molecule has 3 atom stereocenters. The molecule has 3 unspecified atom stereocenters. The summed E-state index contributed by atoms with van der Waals surface area (Å²) < 4.78 is 12.3. The summed E-state index contributed by atoms with van der Waals surface area (Å²) in [4.78, 5) is 24.0. The molecule has 0 aromatic rings. The predicted octanol–water partition coefficient (Wildman–Crippen LogP) is 1.70. The van der Waals surface area contributed by atoms with Crippen molar-refractivity contribution in [1.82, 2.24) is 0 Å². The minimum absolute atomic E-state index is 0.0756. The van der Waals surface area contributed by atoms with Crippen LogP contribution in [0.2, 0.25) is 0 Å². The molecule has 0 N–H and O–H groups in total. The van der Waals surface area contributed by atoms with Gasteiger partial charge in [-0.15, -0.1) is 0 Å². The third-order valence-corrected chi connectivity index (χ3v) is 5.13. The Morgan fingerprint density at radius 3 is 2.58 bits per heavy atom. The van der Waals surface area contributed by atoms with Crippen LogP contribution in [0.1, 0.15) is 32.6 Å². The number of carbonyl (C=O) groups excluding carboxylic acids is 2. The van der Waals surface area contributed by atoms with Gasteiger partial charge in [-0.05, 0) is 44.1 Å². The lowest BCUT2D eigenvalue weighted by molar-refractivity contribution is -0.238. The van der Waals surface area contributed by atoms with Crippen molar-refractivity contribution < 1.29 is 19.1 Å². The van der Waals surface area contributed by atoms with Gasteiger partial charge < -0.3 is 9.47 Å². The van der Waals surface area contributed by atoms with E-state index in [4.69, 9.17) is 9.47 Å². The molecule has 2 aliphatic heterocycles. The fourth-order valence-corrected chi connectivity index (χ4v) is 3.94. The first-order valence-electron chi connectivity index (χ1n) is 6.86. The average Bonchev–Trinajstić information content (AvgIpc) is 2.83. The fraction of sp³-hybridized carbons (Fsp3) is 0.600. The Morgan fingerprint density at radius 2 is 1.84 bits per heavy atom. The number of fused-ring (bicyclic) bond motifs is 2. The summed E-state index contributed by atoms with van der Waals surface area (Å²) in [5.41, 5.74) is -1.38. The normalized spacial score (nSPS) is 46.1. The van der Waals surface area contributed by atoms with Gasteiger partial charge in [-0.2, -0.15) is 0 Å². The van der Waals surface area contributed by atoms with Crippen LogP contribution in [0.5, 0.6) is 0 Å². The second-order valence-corrected chi connectivity index (χ2v) is 6.18. The second-order valence-electron chi connectivity index (χ2n) is 6.18. The minimum atomic E-state index is -0.859. The highest BCUT2D eigenvalue weighted by Gasteiger charge is 2.75. The van der Waals surface area contributed by atoms with Gasteiger partial charge in [0.15, 0.2) is 23.5 Å². The molecule has 0 aromatic carbocycles. The van der Waals surface area contributed by atoms with E-state index in [2.05, 4.69) is 0 Å². The Balaban J connectivity index is 1.81. The van der Waals surface area contributed by atoms with E-state index < -0.39 is 22.9 Å². The number of carbonyl (C=O) groups is 2. The van der Waals surface area contributed by atoms with Gasteiger partial charge in [-0.3, -0.25) is 9.59 Å². The van der Waals surface area contributed by atoms with Crippen molar-refractivity contribution >= 4 is 11.6 Å². The van der Waals surface area contributed by atoms with E-state index in [1.807, 2.05) is 6.92 Å². The van der Waals surface area contributed by atoms with Gasteiger partial charge in [0.1, 0.15) is 5.60 Å². The molecule has 0 radical (unpaired) electrons. The highest BCUT2D eigenvalue weighted by molar-refractivity contribution is 6.02. The van der Waals surface area contributed by atoms with Gasteiger partial charge in [-0.1, -0.05) is 6.42 Å². The van der Waals surface area contributed by atoms with Crippen molar-refractivity contribution in [1.29, 1.82) is 0 Å². The Kier molecular flexibility index (Phi) is 1.97. The molecule has 0 aromatic heterocycles. The third kappa shape index (κ3) is 1.17. The summed E-state index contributed by atoms with van der Waals surface area (Å²) in [6, 6.07) is 0. The quantitative estimate of drug-likeness (QED) is 0.665. The Hall–Kier alpha value is -1.26. The molecule has 4 heteroatoms. The van der Waals surface area contributed by atoms with Crippen molar-refractivity contribution in [2.24, 2.45) is 5.41 Å². The summed E-state index contributed by atoms with van der Waals surface area (Å²) in [6.45, 7) is 1.96. The standard InChI is InChI=1S/C15H16O4/c1-13-6-2-3-7-15(13)18-12(11(13)17)14(19-15)8-4-10(16)5-9-14/h4-5,8-9,12H,2-3,6-7H2,1H3. The van der Waals surface area contributed by atoms with Gasteiger partial charge in [0.25, 0.3) is 0 Å². The van der Waals surface area contributed by atoms with Crippen LogP contribution in [0, 0.1) is 5.41 Å². The monoisotopic (exact) mass is 260 g/mol. The van der Waals surface area contributed by atoms with Crippen LogP contribution in [0.15, 0.2) is 24.3 Å². The van der Waals surface area contributed by atoms with Crippen LogP contribution in [-0.2, 0) is 19.1 Å². The van der Waals surface area contributed by atoms with Crippen molar-refractivity contribution in [3.05, 3.63) is 24.3 Å². The van der Waals surface area contributed by atoms with E-state index in [0.717, 1.165) is 25.7 Å². The molecule has 2 spiro atoms. The first-order chi connectivity index (χ1) is 9.02. The third-order valence-electron chi connectivity index (χ3n) is 5.13. The SMILES string of the molecule is CC12CCCCC13OC(C2=O)C1(C=CC(=O)C=C1)O3. The minimum Gasteiger partial charge on any atom is -0.334 e.